The molecule has 0 radical (unpaired) electrons. The molecule has 1 aliphatic rings. The van der Waals surface area contributed by atoms with Gasteiger partial charge in [0.15, 0.2) is 0 Å². The molecule has 0 bridgehead atoms. The summed E-state index contributed by atoms with van der Waals surface area (Å²) in [6, 6.07) is 0.862. The van der Waals surface area contributed by atoms with E-state index in [-0.39, 0.29) is 17.0 Å². The summed E-state index contributed by atoms with van der Waals surface area (Å²) in [5.41, 5.74) is 0. The lowest BCUT2D eigenvalue weighted by molar-refractivity contribution is -0.894. The van der Waals surface area contributed by atoms with Crippen molar-refractivity contribution in [3.63, 3.8) is 0 Å². The fraction of sp³-hybridized carbons (Fsp3) is 0.750. The van der Waals surface area contributed by atoms with E-state index < -0.39 is 0 Å². The first-order valence-corrected chi connectivity index (χ1v) is 3.43. The molecule has 1 aliphatic carbocycles. The van der Waals surface area contributed by atoms with Gasteiger partial charge in [0.2, 0.25) is 0 Å². The first kappa shape index (κ1) is 10.0. The summed E-state index contributed by atoms with van der Waals surface area (Å²) < 4.78 is 1.02. The Bertz CT molecular complexity index is 142. The molecule has 0 atom stereocenters. The van der Waals surface area contributed by atoms with Gasteiger partial charge in [0.05, 0.1) is 20.1 Å². The third-order valence-corrected chi connectivity index (χ3v) is 2.03. The Labute approximate surface area is 73.8 Å². The molecule has 0 saturated heterocycles. The maximum atomic E-state index is 5.21. The summed E-state index contributed by atoms with van der Waals surface area (Å²) in [5, 5.41) is 0. The van der Waals surface area contributed by atoms with Gasteiger partial charge >= 0.3 is 0 Å². The van der Waals surface area contributed by atoms with Crippen molar-refractivity contribution in [3.05, 3.63) is 0 Å². The van der Waals surface area contributed by atoms with Crippen LogP contribution < -0.4 is 17.0 Å². The van der Waals surface area contributed by atoms with Crippen LogP contribution in [0, 0.1) is 12.3 Å². The minimum atomic E-state index is 0. The van der Waals surface area contributed by atoms with Crippen molar-refractivity contribution in [2.24, 2.45) is 0 Å². The Balaban J connectivity index is 0.000000810. The molecule has 0 aromatic rings. The largest absolute Gasteiger partial charge is 1.00 e. The molecule has 1 rings (SSSR count). The van der Waals surface area contributed by atoms with E-state index in [1.165, 1.54) is 12.8 Å². The zero-order valence-corrected chi connectivity index (χ0v) is 8.19. The number of hydrogen-bond donors (Lipinski definition) is 0. The van der Waals surface area contributed by atoms with Crippen LogP contribution in [0.3, 0.4) is 0 Å². The zero-order valence-electron chi connectivity index (χ0n) is 6.60. The van der Waals surface area contributed by atoms with Gasteiger partial charge in [-0.2, -0.15) is 0 Å². The molecular weight excluding hydrogens is 190 g/mol. The quantitative estimate of drug-likeness (QED) is 0.356. The topological polar surface area (TPSA) is 0 Å². The summed E-state index contributed by atoms with van der Waals surface area (Å²) in [6.07, 6.45) is 7.95. The molecule has 0 unspecified atom stereocenters. The molecule has 2 heteroatoms. The summed E-state index contributed by atoms with van der Waals surface area (Å²) in [7, 11) is 4.41. The van der Waals surface area contributed by atoms with Gasteiger partial charge in [0.25, 0.3) is 0 Å². The minimum absolute atomic E-state index is 0. The summed E-state index contributed by atoms with van der Waals surface area (Å²) in [4.78, 5) is 0. The van der Waals surface area contributed by atoms with Crippen molar-refractivity contribution in [1.82, 2.24) is 0 Å². The number of hydrogen-bond acceptors (Lipinski definition) is 0. The highest BCUT2D eigenvalue weighted by molar-refractivity contribution is 4.86. The van der Waals surface area contributed by atoms with E-state index in [9.17, 15) is 0 Å². The molecule has 1 fully saturated rings. The highest BCUT2D eigenvalue weighted by atomic mass is 79.9. The highest BCUT2D eigenvalue weighted by Crippen LogP contribution is 2.29. The van der Waals surface area contributed by atoms with Crippen molar-refractivity contribution in [2.75, 3.05) is 20.6 Å². The predicted molar refractivity (Wildman–Crippen MR) is 38.8 cm³/mol. The molecular formula is C8H14BrN. The van der Waals surface area contributed by atoms with Crippen LogP contribution in [0.1, 0.15) is 12.8 Å². The number of quaternary nitrogens is 1. The number of terminal acetylenes is 1. The molecule has 1 nitrogen and oxygen atoms in total. The van der Waals surface area contributed by atoms with Crippen LogP contribution in [0.5, 0.6) is 0 Å². The Morgan fingerprint density at radius 1 is 1.50 bits per heavy atom. The molecule has 0 amide bonds. The highest BCUT2D eigenvalue weighted by Gasteiger charge is 2.37. The standard InChI is InChI=1S/C8H14N.BrH/c1-4-7-9(2,3)8-5-6-8;/h1,8H,5-7H2,2-3H3;1H/q+1;/p-1. The number of halogens is 1. The smallest absolute Gasteiger partial charge is 0.140 e. The third-order valence-electron chi connectivity index (χ3n) is 2.03. The molecule has 10 heavy (non-hydrogen) atoms. The Morgan fingerprint density at radius 2 is 2.00 bits per heavy atom. The molecule has 1 saturated carbocycles. The van der Waals surface area contributed by atoms with Gasteiger partial charge in [0, 0.05) is 12.8 Å². The lowest BCUT2D eigenvalue weighted by Gasteiger charge is -2.26. The molecule has 58 valence electrons. The van der Waals surface area contributed by atoms with Crippen molar-refractivity contribution >= 4 is 0 Å². The van der Waals surface area contributed by atoms with Crippen LogP contribution in [-0.4, -0.2) is 31.2 Å². The average Bonchev–Trinajstić information content (AvgIpc) is 2.41. The van der Waals surface area contributed by atoms with Crippen LogP contribution in [-0.2, 0) is 0 Å². The van der Waals surface area contributed by atoms with E-state index in [0.29, 0.717) is 0 Å². The van der Waals surface area contributed by atoms with E-state index >= 15 is 0 Å². The van der Waals surface area contributed by atoms with E-state index in [0.717, 1.165) is 17.1 Å². The van der Waals surface area contributed by atoms with Gasteiger partial charge in [0.1, 0.15) is 6.54 Å². The predicted octanol–water partition coefficient (Wildman–Crippen LogP) is -2.14. The van der Waals surface area contributed by atoms with Crippen LogP contribution in [0.2, 0.25) is 0 Å². The lowest BCUT2D eigenvalue weighted by atomic mass is 10.4. The fourth-order valence-electron chi connectivity index (χ4n) is 1.14. The second kappa shape index (κ2) is 3.41. The van der Waals surface area contributed by atoms with Gasteiger partial charge in [-0.3, -0.25) is 0 Å². The molecule has 0 aliphatic heterocycles. The van der Waals surface area contributed by atoms with E-state index in [2.05, 4.69) is 20.0 Å². The number of nitrogens with zero attached hydrogens (tertiary/aromatic N) is 1. The van der Waals surface area contributed by atoms with Gasteiger partial charge in [-0.05, 0) is 5.92 Å². The Hall–Kier alpha value is 0. The lowest BCUT2D eigenvalue weighted by Crippen LogP contribution is -3.00. The molecule has 0 aromatic heterocycles. The van der Waals surface area contributed by atoms with E-state index in [4.69, 9.17) is 6.42 Å². The minimum Gasteiger partial charge on any atom is -1.00 e. The fourth-order valence-corrected chi connectivity index (χ4v) is 1.14. The zero-order chi connectivity index (χ0) is 6.91. The Kier molecular flexibility index (Phi) is 3.41. The average molecular weight is 204 g/mol. The maximum Gasteiger partial charge on any atom is 0.140 e. The number of rotatable bonds is 2. The second-order valence-electron chi connectivity index (χ2n) is 3.37. The van der Waals surface area contributed by atoms with E-state index in [1.807, 2.05) is 0 Å². The molecule has 0 aromatic carbocycles. The first-order valence-electron chi connectivity index (χ1n) is 3.43. The van der Waals surface area contributed by atoms with Crippen molar-refractivity contribution < 1.29 is 21.5 Å². The molecule has 0 heterocycles. The van der Waals surface area contributed by atoms with Gasteiger partial charge in [-0.15, -0.1) is 6.42 Å². The summed E-state index contributed by atoms with van der Waals surface area (Å²) in [5.74, 6) is 2.70. The maximum absolute atomic E-state index is 5.21. The van der Waals surface area contributed by atoms with E-state index in [1.54, 1.807) is 0 Å². The van der Waals surface area contributed by atoms with Gasteiger partial charge in [-0.25, -0.2) is 0 Å². The van der Waals surface area contributed by atoms with Crippen LogP contribution >= 0.6 is 0 Å². The third kappa shape index (κ3) is 2.32. The summed E-state index contributed by atoms with van der Waals surface area (Å²) >= 11 is 0. The van der Waals surface area contributed by atoms with Gasteiger partial charge in [-0.1, -0.05) is 0 Å². The second-order valence-corrected chi connectivity index (χ2v) is 3.37. The van der Waals surface area contributed by atoms with Crippen molar-refractivity contribution in [1.29, 1.82) is 0 Å². The first-order chi connectivity index (χ1) is 4.17. The molecule has 0 N–H and O–H groups in total. The van der Waals surface area contributed by atoms with Gasteiger partial charge < -0.3 is 21.5 Å². The normalized spacial score (nSPS) is 17.3. The van der Waals surface area contributed by atoms with Crippen LogP contribution in [0.4, 0.5) is 0 Å². The SMILES string of the molecule is C#CC[N+](C)(C)C1CC1.[Br-]. The monoisotopic (exact) mass is 203 g/mol. The van der Waals surface area contributed by atoms with Crippen LogP contribution in [0.15, 0.2) is 0 Å². The molecule has 0 spiro atoms. The van der Waals surface area contributed by atoms with Crippen LogP contribution in [0.25, 0.3) is 0 Å². The van der Waals surface area contributed by atoms with Crippen molar-refractivity contribution in [3.8, 4) is 12.3 Å². The van der Waals surface area contributed by atoms with Crippen molar-refractivity contribution in [2.45, 2.75) is 18.9 Å². The summed E-state index contributed by atoms with van der Waals surface area (Å²) in [6.45, 7) is 0.880. The Morgan fingerprint density at radius 3 is 2.30 bits per heavy atom.